The minimum absolute atomic E-state index is 0.687. The van der Waals surface area contributed by atoms with Crippen molar-refractivity contribution in [2.45, 2.75) is 13.1 Å². The van der Waals surface area contributed by atoms with Crippen LogP contribution in [0, 0.1) is 0 Å². The summed E-state index contributed by atoms with van der Waals surface area (Å²) in [4.78, 5) is 13.4. The second-order valence-electron chi connectivity index (χ2n) is 4.85. The fraction of sp³-hybridized carbons (Fsp3) is 0.125. The Balaban J connectivity index is 1.73. The smallest absolute Gasteiger partial charge is 0.141 e. The summed E-state index contributed by atoms with van der Waals surface area (Å²) >= 11 is 3.39. The first kappa shape index (κ1) is 13.5. The van der Waals surface area contributed by atoms with Gasteiger partial charge in [-0.05, 0) is 35.0 Å². The number of rotatable bonds is 5. The number of nitrogens with zero attached hydrogens (tertiary/aromatic N) is 3. The highest BCUT2D eigenvalue weighted by atomic mass is 32.1. The van der Waals surface area contributed by atoms with Crippen molar-refractivity contribution in [3.8, 4) is 0 Å². The van der Waals surface area contributed by atoms with Gasteiger partial charge in [0, 0.05) is 4.88 Å². The molecule has 4 aromatic heterocycles. The summed E-state index contributed by atoms with van der Waals surface area (Å²) in [6.07, 6.45) is 3.34. The summed E-state index contributed by atoms with van der Waals surface area (Å²) in [7, 11) is 0. The van der Waals surface area contributed by atoms with Crippen molar-refractivity contribution in [3.63, 3.8) is 0 Å². The number of anilines is 1. The third-order valence-electron chi connectivity index (χ3n) is 3.39. The van der Waals surface area contributed by atoms with Gasteiger partial charge in [0.05, 0.1) is 24.7 Å². The monoisotopic (exact) mass is 327 g/mol. The standard InChI is InChI=1S/C16H13N3OS2/c1-3-12(20-6-1)9-19(10-13-4-2-7-21-13)15-14-5-8-22-16(14)18-11-17-15/h1-8,11H,9-10H2. The number of hydrogen-bond donors (Lipinski definition) is 0. The van der Waals surface area contributed by atoms with Gasteiger partial charge in [0.25, 0.3) is 0 Å². The molecule has 0 spiro atoms. The van der Waals surface area contributed by atoms with Crippen molar-refractivity contribution in [2.24, 2.45) is 0 Å². The minimum Gasteiger partial charge on any atom is -0.467 e. The van der Waals surface area contributed by atoms with Gasteiger partial charge in [-0.25, -0.2) is 9.97 Å². The van der Waals surface area contributed by atoms with Crippen LogP contribution in [0.15, 0.2) is 58.1 Å². The van der Waals surface area contributed by atoms with Gasteiger partial charge in [0.15, 0.2) is 0 Å². The van der Waals surface area contributed by atoms with E-state index in [4.69, 9.17) is 4.42 Å². The number of aromatic nitrogens is 2. The Morgan fingerprint density at radius 1 is 1.00 bits per heavy atom. The first-order valence-corrected chi connectivity index (χ1v) is 8.64. The highest BCUT2D eigenvalue weighted by Crippen LogP contribution is 2.29. The number of thiophene rings is 2. The fourth-order valence-electron chi connectivity index (χ4n) is 2.42. The Kier molecular flexibility index (Phi) is 3.62. The average Bonchev–Trinajstić information content (AvgIpc) is 3.28. The van der Waals surface area contributed by atoms with Gasteiger partial charge in [-0.2, -0.15) is 0 Å². The van der Waals surface area contributed by atoms with E-state index in [-0.39, 0.29) is 0 Å². The summed E-state index contributed by atoms with van der Waals surface area (Å²) < 4.78 is 5.52. The van der Waals surface area contributed by atoms with Crippen LogP contribution >= 0.6 is 22.7 Å². The van der Waals surface area contributed by atoms with E-state index in [1.54, 1.807) is 35.3 Å². The summed E-state index contributed by atoms with van der Waals surface area (Å²) in [6.45, 7) is 1.49. The SMILES string of the molecule is c1coc(CN(Cc2cccs2)c2ncnc3sccc23)c1. The molecule has 0 aliphatic heterocycles. The summed E-state index contributed by atoms with van der Waals surface area (Å²) in [5.74, 6) is 1.88. The van der Waals surface area contributed by atoms with E-state index in [2.05, 4.69) is 43.8 Å². The van der Waals surface area contributed by atoms with Gasteiger partial charge in [0.1, 0.15) is 22.7 Å². The Morgan fingerprint density at radius 2 is 2.00 bits per heavy atom. The van der Waals surface area contributed by atoms with E-state index in [1.165, 1.54) is 4.88 Å². The first-order valence-electron chi connectivity index (χ1n) is 6.88. The molecule has 0 aliphatic carbocycles. The van der Waals surface area contributed by atoms with Gasteiger partial charge in [-0.15, -0.1) is 22.7 Å². The molecule has 0 atom stereocenters. The molecule has 4 nitrogen and oxygen atoms in total. The zero-order valence-corrected chi connectivity index (χ0v) is 13.3. The van der Waals surface area contributed by atoms with Crippen molar-refractivity contribution < 1.29 is 4.42 Å². The van der Waals surface area contributed by atoms with E-state index in [0.29, 0.717) is 6.54 Å². The lowest BCUT2D eigenvalue weighted by molar-refractivity contribution is 0.501. The molecular formula is C16H13N3OS2. The summed E-state index contributed by atoms with van der Waals surface area (Å²) in [5.41, 5.74) is 0. The zero-order valence-electron chi connectivity index (χ0n) is 11.7. The molecule has 22 heavy (non-hydrogen) atoms. The Labute approximate surface area is 135 Å². The number of fused-ring (bicyclic) bond motifs is 1. The van der Waals surface area contributed by atoms with Crippen LogP contribution in [0.4, 0.5) is 5.82 Å². The van der Waals surface area contributed by atoms with E-state index in [1.807, 2.05) is 12.1 Å². The molecule has 0 radical (unpaired) electrons. The third-order valence-corrected chi connectivity index (χ3v) is 5.08. The van der Waals surface area contributed by atoms with Crippen molar-refractivity contribution >= 4 is 38.7 Å². The molecule has 0 unspecified atom stereocenters. The molecule has 4 aromatic rings. The highest BCUT2D eigenvalue weighted by Gasteiger charge is 2.16. The molecule has 4 rings (SSSR count). The molecule has 0 amide bonds. The van der Waals surface area contributed by atoms with Crippen LogP contribution in [0.3, 0.4) is 0 Å². The van der Waals surface area contributed by atoms with E-state index in [9.17, 15) is 0 Å². The minimum atomic E-state index is 0.687. The molecule has 0 aromatic carbocycles. The molecule has 4 heterocycles. The van der Waals surface area contributed by atoms with Gasteiger partial charge >= 0.3 is 0 Å². The van der Waals surface area contributed by atoms with Crippen molar-refractivity contribution in [1.82, 2.24) is 9.97 Å². The van der Waals surface area contributed by atoms with Crippen molar-refractivity contribution in [1.29, 1.82) is 0 Å². The molecule has 0 aliphatic rings. The lowest BCUT2D eigenvalue weighted by Crippen LogP contribution is -2.22. The molecule has 0 N–H and O–H groups in total. The van der Waals surface area contributed by atoms with Crippen molar-refractivity contribution in [2.75, 3.05) is 4.90 Å². The maximum absolute atomic E-state index is 5.52. The van der Waals surface area contributed by atoms with Crippen LogP contribution in [0.2, 0.25) is 0 Å². The topological polar surface area (TPSA) is 42.2 Å². The normalized spacial score (nSPS) is 11.1. The third kappa shape index (κ3) is 2.63. The van der Waals surface area contributed by atoms with Crippen LogP contribution in [-0.2, 0) is 13.1 Å². The summed E-state index contributed by atoms with van der Waals surface area (Å²) in [5, 5.41) is 5.25. The van der Waals surface area contributed by atoms with Crippen LogP contribution in [-0.4, -0.2) is 9.97 Å². The summed E-state index contributed by atoms with van der Waals surface area (Å²) in [6, 6.07) is 10.2. The molecule has 0 saturated carbocycles. The molecule has 110 valence electrons. The van der Waals surface area contributed by atoms with Gasteiger partial charge in [-0.1, -0.05) is 6.07 Å². The van der Waals surface area contributed by atoms with E-state index >= 15 is 0 Å². The highest BCUT2D eigenvalue weighted by molar-refractivity contribution is 7.16. The number of furan rings is 1. The van der Waals surface area contributed by atoms with E-state index in [0.717, 1.165) is 28.3 Å². The first-order chi connectivity index (χ1) is 10.9. The predicted octanol–water partition coefficient (Wildman–Crippen LogP) is 4.55. The van der Waals surface area contributed by atoms with Crippen molar-refractivity contribution in [3.05, 3.63) is 64.3 Å². The lowest BCUT2D eigenvalue weighted by Gasteiger charge is -2.22. The van der Waals surface area contributed by atoms with Crippen LogP contribution < -0.4 is 4.90 Å². The van der Waals surface area contributed by atoms with Gasteiger partial charge in [-0.3, -0.25) is 0 Å². The van der Waals surface area contributed by atoms with Crippen LogP contribution in [0.1, 0.15) is 10.6 Å². The molecule has 0 fully saturated rings. The Bertz CT molecular complexity index is 816. The van der Waals surface area contributed by atoms with Crippen LogP contribution in [0.5, 0.6) is 0 Å². The van der Waals surface area contributed by atoms with Gasteiger partial charge in [0.2, 0.25) is 0 Å². The maximum atomic E-state index is 5.52. The molecule has 0 bridgehead atoms. The Hall–Kier alpha value is -2.18. The number of hydrogen-bond acceptors (Lipinski definition) is 6. The predicted molar refractivity (Wildman–Crippen MR) is 90.3 cm³/mol. The Morgan fingerprint density at radius 3 is 2.82 bits per heavy atom. The fourth-order valence-corrected chi connectivity index (χ4v) is 3.86. The molecular weight excluding hydrogens is 314 g/mol. The van der Waals surface area contributed by atoms with Crippen LogP contribution in [0.25, 0.3) is 10.2 Å². The average molecular weight is 327 g/mol. The lowest BCUT2D eigenvalue weighted by atomic mass is 10.3. The largest absolute Gasteiger partial charge is 0.467 e. The quantitative estimate of drug-likeness (QED) is 0.539. The zero-order chi connectivity index (χ0) is 14.8. The molecule has 6 heteroatoms. The molecule has 0 saturated heterocycles. The van der Waals surface area contributed by atoms with E-state index < -0.39 is 0 Å². The maximum Gasteiger partial charge on any atom is 0.141 e. The second kappa shape index (κ2) is 5.90. The van der Waals surface area contributed by atoms with Gasteiger partial charge < -0.3 is 9.32 Å². The second-order valence-corrected chi connectivity index (χ2v) is 6.78.